The fourth-order valence-corrected chi connectivity index (χ4v) is 6.50. The number of aromatic nitrogens is 4. The second-order valence-corrected chi connectivity index (χ2v) is 12.4. The molecule has 2 fully saturated rings. The van der Waals surface area contributed by atoms with Crippen LogP contribution in [-0.2, 0) is 9.53 Å². The van der Waals surface area contributed by atoms with Gasteiger partial charge in [-0.1, -0.05) is 24.3 Å². The molecule has 0 saturated carbocycles. The van der Waals surface area contributed by atoms with Crippen molar-refractivity contribution in [2.45, 2.75) is 51.4 Å². The summed E-state index contributed by atoms with van der Waals surface area (Å²) in [5, 5.41) is 16.9. The van der Waals surface area contributed by atoms with Crippen molar-refractivity contribution >= 4 is 23.7 Å². The maximum absolute atomic E-state index is 14.9. The van der Waals surface area contributed by atoms with Gasteiger partial charge >= 0.3 is 18.1 Å². The summed E-state index contributed by atoms with van der Waals surface area (Å²) in [4.78, 5) is 34.0. The summed E-state index contributed by atoms with van der Waals surface area (Å²) in [6.45, 7) is 5.22. The van der Waals surface area contributed by atoms with E-state index < -0.39 is 30.3 Å². The Balaban J connectivity index is 1.31. The lowest BCUT2D eigenvalue weighted by atomic mass is 9.76. The average molecular weight is 680 g/mol. The van der Waals surface area contributed by atoms with Crippen LogP contribution in [0.1, 0.15) is 53.9 Å². The van der Waals surface area contributed by atoms with Crippen LogP contribution in [0.15, 0.2) is 60.8 Å². The molecule has 0 aliphatic carbocycles. The Morgan fingerprint density at radius 3 is 2.51 bits per heavy atom. The first-order chi connectivity index (χ1) is 23.3. The molecule has 6 rings (SSSR count). The quantitative estimate of drug-likeness (QED) is 0.202. The third-order valence-corrected chi connectivity index (χ3v) is 9.04. The zero-order chi connectivity index (χ0) is 34.9. The van der Waals surface area contributed by atoms with E-state index in [1.54, 1.807) is 56.4 Å². The molecule has 1 unspecified atom stereocenters. The number of hydrogen-bond acceptors (Lipinski definition) is 10. The standard InChI is InChI=1S/C34H36F3N7O5/c1-3-48-31(47)23-6-4-5-21(15-23)22-7-8-24(26(16-22)44-12-9-20(2)42-44)29(34(35,36)37)49-28-17-27(40-32(38)41-28)43-13-10-33(11-14-43)18-25(30(45)46)39-19-33/h4-9,12,15-17,25,29,39H,3,10-11,13-14,18-19H2,1-2H3,(H,45,46)(H2,38,40,41)/t25?,29-/m1/s1. The lowest BCUT2D eigenvalue weighted by Gasteiger charge is -2.39. The van der Waals surface area contributed by atoms with Gasteiger partial charge in [0.15, 0.2) is 0 Å². The number of anilines is 2. The summed E-state index contributed by atoms with van der Waals surface area (Å²) in [5.41, 5.74) is 7.74. The smallest absolute Gasteiger partial charge is 0.429 e. The van der Waals surface area contributed by atoms with Gasteiger partial charge in [-0.15, -0.1) is 0 Å². The summed E-state index contributed by atoms with van der Waals surface area (Å²) < 4.78 is 56.8. The highest BCUT2D eigenvalue weighted by Crippen LogP contribution is 2.43. The number of nitrogens with one attached hydrogen (secondary N) is 1. The van der Waals surface area contributed by atoms with E-state index in [-0.39, 0.29) is 35.1 Å². The van der Waals surface area contributed by atoms with E-state index in [9.17, 15) is 27.9 Å². The van der Waals surface area contributed by atoms with Crippen molar-refractivity contribution in [1.82, 2.24) is 25.1 Å². The van der Waals surface area contributed by atoms with Gasteiger partial charge in [-0.2, -0.15) is 28.2 Å². The Bertz CT molecular complexity index is 1860. The second-order valence-electron chi connectivity index (χ2n) is 12.4. The van der Waals surface area contributed by atoms with Gasteiger partial charge < -0.3 is 30.5 Å². The zero-order valence-electron chi connectivity index (χ0n) is 26.9. The molecular formula is C34H36F3N7O5. The molecule has 1 spiro atoms. The van der Waals surface area contributed by atoms with E-state index in [0.717, 1.165) is 0 Å². The van der Waals surface area contributed by atoms with Crippen LogP contribution in [0.2, 0.25) is 0 Å². The summed E-state index contributed by atoms with van der Waals surface area (Å²) in [6, 6.07) is 13.5. The predicted octanol–water partition coefficient (Wildman–Crippen LogP) is 5.11. The number of aliphatic carboxylic acids is 1. The van der Waals surface area contributed by atoms with Gasteiger partial charge in [0, 0.05) is 37.5 Å². The molecule has 49 heavy (non-hydrogen) atoms. The van der Waals surface area contributed by atoms with Gasteiger partial charge in [0.1, 0.15) is 11.9 Å². The third-order valence-electron chi connectivity index (χ3n) is 9.04. The molecule has 4 aromatic rings. The minimum Gasteiger partial charge on any atom is -0.480 e. The molecule has 12 nitrogen and oxygen atoms in total. The highest BCUT2D eigenvalue weighted by Gasteiger charge is 2.46. The summed E-state index contributed by atoms with van der Waals surface area (Å²) in [7, 11) is 0. The molecule has 0 amide bonds. The van der Waals surface area contributed by atoms with Crippen LogP contribution in [0.5, 0.6) is 5.88 Å². The summed E-state index contributed by atoms with van der Waals surface area (Å²) >= 11 is 0. The SMILES string of the molecule is CCOC(=O)c1cccc(-c2ccc([C@@H](Oc3cc(N4CCC5(CC4)CNC(C(=O)O)C5)nc(N)n3)C(F)(F)F)c(-n3ccc(C)n3)c2)c1. The molecule has 2 saturated heterocycles. The number of benzene rings is 2. The minimum absolute atomic E-state index is 0.114. The van der Waals surface area contributed by atoms with Crippen molar-refractivity contribution in [2.75, 3.05) is 36.9 Å². The van der Waals surface area contributed by atoms with Crippen molar-refractivity contribution < 1.29 is 37.3 Å². The normalized spacial score (nSPS) is 18.0. The Morgan fingerprint density at radius 1 is 1.10 bits per heavy atom. The molecule has 2 atom stereocenters. The highest BCUT2D eigenvalue weighted by molar-refractivity contribution is 5.91. The van der Waals surface area contributed by atoms with Gasteiger partial charge in [0.05, 0.1) is 23.6 Å². The monoisotopic (exact) mass is 679 g/mol. The number of carbonyl (C=O) groups is 2. The number of nitrogens with zero attached hydrogens (tertiary/aromatic N) is 5. The first kappa shape index (κ1) is 33.7. The number of aryl methyl sites for hydroxylation is 1. The van der Waals surface area contributed by atoms with Crippen molar-refractivity contribution in [3.8, 4) is 22.7 Å². The molecule has 4 heterocycles. The number of esters is 1. The van der Waals surface area contributed by atoms with Gasteiger partial charge in [-0.3, -0.25) is 4.79 Å². The fourth-order valence-electron chi connectivity index (χ4n) is 6.50. The van der Waals surface area contributed by atoms with E-state index in [4.69, 9.17) is 15.2 Å². The van der Waals surface area contributed by atoms with E-state index in [1.165, 1.54) is 22.9 Å². The van der Waals surface area contributed by atoms with E-state index in [2.05, 4.69) is 20.4 Å². The van der Waals surface area contributed by atoms with Gasteiger partial charge in [-0.05, 0) is 73.9 Å². The second kappa shape index (κ2) is 13.4. The number of carbonyl (C=O) groups excluding carboxylic acids is 1. The number of ether oxygens (including phenoxy) is 2. The fraction of sp³-hybridized carbons (Fsp3) is 0.382. The molecule has 2 aliphatic heterocycles. The number of nitrogens with two attached hydrogens (primary N) is 1. The molecule has 2 aromatic heterocycles. The number of halogens is 3. The van der Waals surface area contributed by atoms with Crippen molar-refractivity contribution in [2.24, 2.45) is 5.41 Å². The van der Waals surface area contributed by atoms with Crippen molar-refractivity contribution in [3.63, 3.8) is 0 Å². The molecule has 15 heteroatoms. The van der Waals surface area contributed by atoms with E-state index >= 15 is 0 Å². The zero-order valence-corrected chi connectivity index (χ0v) is 26.9. The van der Waals surface area contributed by atoms with Crippen LogP contribution in [0, 0.1) is 12.3 Å². The number of alkyl halides is 3. The number of carboxylic acids is 1. The lowest BCUT2D eigenvalue weighted by Crippen LogP contribution is -2.41. The Morgan fingerprint density at radius 2 is 1.86 bits per heavy atom. The van der Waals surface area contributed by atoms with Crippen molar-refractivity contribution in [3.05, 3.63) is 77.6 Å². The van der Waals surface area contributed by atoms with Crippen LogP contribution in [0.4, 0.5) is 24.9 Å². The highest BCUT2D eigenvalue weighted by atomic mass is 19.4. The molecule has 2 aliphatic rings. The molecular weight excluding hydrogens is 643 g/mol. The third kappa shape index (κ3) is 7.31. The van der Waals surface area contributed by atoms with Crippen LogP contribution in [-0.4, -0.2) is 75.3 Å². The maximum atomic E-state index is 14.9. The molecule has 0 radical (unpaired) electrons. The van der Waals surface area contributed by atoms with Gasteiger partial charge in [0.25, 0.3) is 0 Å². The Labute approximate surface area is 280 Å². The topological polar surface area (TPSA) is 158 Å². The van der Waals surface area contributed by atoms with Crippen LogP contribution in [0.25, 0.3) is 16.8 Å². The lowest BCUT2D eigenvalue weighted by molar-refractivity contribution is -0.198. The predicted molar refractivity (Wildman–Crippen MR) is 173 cm³/mol. The van der Waals surface area contributed by atoms with Crippen LogP contribution in [0.3, 0.4) is 0 Å². The number of nitrogen functional groups attached to an aromatic ring is 1. The summed E-state index contributed by atoms with van der Waals surface area (Å²) in [5.74, 6) is -1.68. The Kier molecular flexibility index (Phi) is 9.20. The first-order valence-corrected chi connectivity index (χ1v) is 15.9. The first-order valence-electron chi connectivity index (χ1n) is 15.9. The van der Waals surface area contributed by atoms with E-state index in [0.29, 0.717) is 67.1 Å². The number of hydrogen-bond donors (Lipinski definition) is 3. The van der Waals surface area contributed by atoms with Crippen LogP contribution < -0.4 is 20.7 Å². The number of carboxylic acid groups (broad SMARTS) is 1. The van der Waals surface area contributed by atoms with Gasteiger partial charge in [0.2, 0.25) is 17.9 Å². The minimum atomic E-state index is -4.88. The molecule has 258 valence electrons. The largest absolute Gasteiger partial charge is 0.480 e. The maximum Gasteiger partial charge on any atom is 0.429 e. The molecule has 0 bridgehead atoms. The van der Waals surface area contributed by atoms with Crippen molar-refractivity contribution in [1.29, 1.82) is 0 Å². The average Bonchev–Trinajstić information content (AvgIpc) is 3.70. The summed E-state index contributed by atoms with van der Waals surface area (Å²) in [6.07, 6.45) is -3.92. The number of rotatable bonds is 9. The number of piperidine rings is 1. The Hall–Kier alpha value is -5.18. The molecule has 2 aromatic carbocycles. The van der Waals surface area contributed by atoms with E-state index in [1.807, 2.05) is 4.90 Å². The van der Waals surface area contributed by atoms with Crippen LogP contribution >= 0.6 is 0 Å². The van der Waals surface area contributed by atoms with Gasteiger partial charge in [-0.25, -0.2) is 9.48 Å². The molecule has 4 N–H and O–H groups in total.